The predicted octanol–water partition coefficient (Wildman–Crippen LogP) is 3.46. The van der Waals surface area contributed by atoms with Crippen LogP contribution in [0.5, 0.6) is 0 Å². The highest BCUT2D eigenvalue weighted by molar-refractivity contribution is 5.25. The molecule has 4 aliphatic carbocycles. The van der Waals surface area contributed by atoms with Gasteiger partial charge >= 0.3 is 0 Å². The van der Waals surface area contributed by atoms with E-state index in [0.717, 1.165) is 37.0 Å². The summed E-state index contributed by atoms with van der Waals surface area (Å²) < 4.78 is 0. The number of nitrogens with one attached hydrogen (secondary N) is 1. The van der Waals surface area contributed by atoms with Crippen LogP contribution in [0.3, 0.4) is 0 Å². The lowest BCUT2D eigenvalue weighted by Crippen LogP contribution is -2.52. The molecule has 0 aliphatic heterocycles. The average Bonchev–Trinajstić information content (AvgIpc) is 2.92. The van der Waals surface area contributed by atoms with Gasteiger partial charge < -0.3 is 10.2 Å². The molecule has 0 amide bonds. The van der Waals surface area contributed by atoms with Crippen molar-refractivity contribution in [3.05, 3.63) is 11.6 Å². The van der Waals surface area contributed by atoms with Gasteiger partial charge in [-0.15, -0.1) is 0 Å². The largest absolute Gasteiger partial charge is 0.393 e. The maximum Gasteiger partial charge on any atom is 0.108 e. The molecule has 0 spiro atoms. The third-order valence-corrected chi connectivity index (χ3v) is 8.83. The Labute approximate surface area is 146 Å². The first-order valence-corrected chi connectivity index (χ1v) is 10.1. The fourth-order valence-corrected chi connectivity index (χ4v) is 7.40. The van der Waals surface area contributed by atoms with Gasteiger partial charge in [-0.25, -0.2) is 0 Å². The number of fused-ring (bicyclic) bond motifs is 5. The normalized spacial score (nSPS) is 52.0. The molecule has 3 nitrogen and oxygen atoms in total. The van der Waals surface area contributed by atoms with Gasteiger partial charge in [-0.1, -0.05) is 25.5 Å². The minimum Gasteiger partial charge on any atom is -0.393 e. The topological polar surface area (TPSA) is 52.5 Å². The van der Waals surface area contributed by atoms with E-state index in [1.54, 1.807) is 5.57 Å². The molecule has 3 saturated carbocycles. The summed E-state index contributed by atoms with van der Waals surface area (Å²) in [5.41, 5.74) is 2.17. The third-order valence-electron chi connectivity index (χ3n) is 8.83. The van der Waals surface area contributed by atoms with Crippen molar-refractivity contribution in [3.8, 4) is 0 Å². The van der Waals surface area contributed by atoms with Crippen LogP contribution in [0.15, 0.2) is 11.6 Å². The Balaban J connectivity index is 1.63. The summed E-state index contributed by atoms with van der Waals surface area (Å²) in [6.07, 6.45) is 11.3. The van der Waals surface area contributed by atoms with Crippen LogP contribution in [-0.4, -0.2) is 29.6 Å². The molecule has 4 rings (SSSR count). The molecule has 0 radical (unpaired) electrons. The summed E-state index contributed by atoms with van der Waals surface area (Å²) in [5.74, 6) is 2.72. The van der Waals surface area contributed by atoms with Crippen molar-refractivity contribution in [3.63, 3.8) is 0 Å². The summed E-state index contributed by atoms with van der Waals surface area (Å²) in [6.45, 7) is 4.94. The molecule has 0 aromatic heterocycles. The standard InChI is InChI=1S/C21H35NO2/c1-20-10-8-14(23)12-13(20)4-5-15-16-6-7-18(19(24)22-3)21(16,2)11-9-17(15)20/h4,14-19,22-24H,5-12H2,1-3H3. The van der Waals surface area contributed by atoms with Crippen molar-refractivity contribution in [2.45, 2.75) is 77.5 Å². The van der Waals surface area contributed by atoms with Gasteiger partial charge in [0.05, 0.1) is 6.10 Å². The first kappa shape index (κ1) is 17.1. The monoisotopic (exact) mass is 333 g/mol. The Morgan fingerprint density at radius 3 is 2.67 bits per heavy atom. The van der Waals surface area contributed by atoms with E-state index < -0.39 is 0 Å². The van der Waals surface area contributed by atoms with E-state index in [1.807, 2.05) is 7.05 Å². The van der Waals surface area contributed by atoms with Crippen molar-refractivity contribution < 1.29 is 10.2 Å². The average molecular weight is 334 g/mol. The zero-order valence-electron chi connectivity index (χ0n) is 15.6. The van der Waals surface area contributed by atoms with Crippen molar-refractivity contribution in [2.24, 2.45) is 34.5 Å². The highest BCUT2D eigenvalue weighted by atomic mass is 16.3. The lowest BCUT2D eigenvalue weighted by atomic mass is 9.47. The molecule has 0 aromatic carbocycles. The molecule has 136 valence electrons. The molecule has 3 N–H and O–H groups in total. The molecular weight excluding hydrogens is 298 g/mol. The number of hydrogen-bond acceptors (Lipinski definition) is 3. The number of hydrogen-bond donors (Lipinski definition) is 3. The number of rotatable bonds is 2. The molecule has 0 heterocycles. The Morgan fingerprint density at radius 1 is 1.12 bits per heavy atom. The second kappa shape index (κ2) is 5.82. The Hall–Kier alpha value is -0.380. The van der Waals surface area contributed by atoms with Gasteiger partial charge in [0.25, 0.3) is 0 Å². The maximum absolute atomic E-state index is 10.5. The molecule has 8 atom stereocenters. The second-order valence-corrected chi connectivity index (χ2v) is 9.62. The molecule has 24 heavy (non-hydrogen) atoms. The summed E-state index contributed by atoms with van der Waals surface area (Å²) >= 11 is 0. The van der Waals surface area contributed by atoms with E-state index in [9.17, 15) is 10.2 Å². The first-order chi connectivity index (χ1) is 11.4. The molecule has 8 unspecified atom stereocenters. The van der Waals surface area contributed by atoms with Crippen LogP contribution in [0.4, 0.5) is 0 Å². The van der Waals surface area contributed by atoms with Crippen LogP contribution >= 0.6 is 0 Å². The summed E-state index contributed by atoms with van der Waals surface area (Å²) in [7, 11) is 1.89. The van der Waals surface area contributed by atoms with E-state index in [2.05, 4.69) is 25.2 Å². The van der Waals surface area contributed by atoms with Crippen LogP contribution < -0.4 is 5.32 Å². The lowest BCUT2D eigenvalue weighted by Gasteiger charge is -2.58. The Morgan fingerprint density at radius 2 is 1.92 bits per heavy atom. The summed E-state index contributed by atoms with van der Waals surface area (Å²) in [6, 6.07) is 0. The minimum absolute atomic E-state index is 0.114. The molecule has 3 heteroatoms. The fourth-order valence-electron chi connectivity index (χ4n) is 7.40. The summed E-state index contributed by atoms with van der Waals surface area (Å²) in [4.78, 5) is 0. The van der Waals surface area contributed by atoms with Crippen molar-refractivity contribution in [2.75, 3.05) is 7.05 Å². The quantitative estimate of drug-likeness (QED) is 0.536. The highest BCUT2D eigenvalue weighted by Crippen LogP contribution is 2.66. The van der Waals surface area contributed by atoms with Crippen molar-refractivity contribution >= 4 is 0 Å². The van der Waals surface area contributed by atoms with Crippen LogP contribution in [0.2, 0.25) is 0 Å². The van der Waals surface area contributed by atoms with Gasteiger partial charge in [0, 0.05) is 5.92 Å². The van der Waals surface area contributed by atoms with Crippen molar-refractivity contribution in [1.29, 1.82) is 0 Å². The van der Waals surface area contributed by atoms with E-state index >= 15 is 0 Å². The maximum atomic E-state index is 10.5. The number of aliphatic hydroxyl groups excluding tert-OH is 2. The predicted molar refractivity (Wildman–Crippen MR) is 96.3 cm³/mol. The van der Waals surface area contributed by atoms with Gasteiger partial charge in [-0.2, -0.15) is 0 Å². The Kier molecular flexibility index (Phi) is 4.14. The van der Waals surface area contributed by atoms with Gasteiger partial charge in [0.15, 0.2) is 0 Å². The van der Waals surface area contributed by atoms with E-state index in [0.29, 0.717) is 16.7 Å². The van der Waals surface area contributed by atoms with Crippen molar-refractivity contribution in [1.82, 2.24) is 5.32 Å². The molecule has 3 fully saturated rings. The number of aliphatic hydroxyl groups is 2. The third kappa shape index (κ3) is 2.27. The fraction of sp³-hybridized carbons (Fsp3) is 0.905. The highest BCUT2D eigenvalue weighted by Gasteiger charge is 2.59. The minimum atomic E-state index is -0.355. The molecular formula is C21H35NO2. The lowest BCUT2D eigenvalue weighted by molar-refractivity contribution is -0.0745. The van der Waals surface area contributed by atoms with Crippen LogP contribution in [-0.2, 0) is 0 Å². The first-order valence-electron chi connectivity index (χ1n) is 10.1. The van der Waals surface area contributed by atoms with Crippen LogP contribution in [0.25, 0.3) is 0 Å². The van der Waals surface area contributed by atoms with Gasteiger partial charge in [0.2, 0.25) is 0 Å². The molecule has 4 aliphatic rings. The second-order valence-electron chi connectivity index (χ2n) is 9.62. The molecule has 0 bridgehead atoms. The van der Waals surface area contributed by atoms with Gasteiger partial charge in [-0.05, 0) is 87.0 Å². The van der Waals surface area contributed by atoms with Crippen LogP contribution in [0, 0.1) is 34.5 Å². The van der Waals surface area contributed by atoms with E-state index in [4.69, 9.17) is 0 Å². The van der Waals surface area contributed by atoms with Gasteiger partial charge in [0.1, 0.15) is 6.23 Å². The zero-order valence-corrected chi connectivity index (χ0v) is 15.6. The Bertz CT molecular complexity index is 532. The smallest absolute Gasteiger partial charge is 0.108 e. The summed E-state index contributed by atoms with van der Waals surface area (Å²) in [5, 5.41) is 23.7. The zero-order chi connectivity index (χ0) is 17.1. The van der Waals surface area contributed by atoms with Gasteiger partial charge in [-0.3, -0.25) is 5.32 Å². The van der Waals surface area contributed by atoms with Crippen LogP contribution in [0.1, 0.15) is 65.2 Å². The van der Waals surface area contributed by atoms with E-state index in [1.165, 1.54) is 32.1 Å². The molecule has 0 saturated heterocycles. The SMILES string of the molecule is CNC(O)C1CCC2C3CC=C4CC(O)CCC4(C)C3CCC12C. The number of allylic oxidation sites excluding steroid dienone is 1. The van der Waals surface area contributed by atoms with E-state index in [-0.39, 0.29) is 12.3 Å². The molecule has 0 aromatic rings.